The first-order valence-electron chi connectivity index (χ1n) is 8.25. The quantitative estimate of drug-likeness (QED) is 0.527. The summed E-state index contributed by atoms with van der Waals surface area (Å²) in [6, 6.07) is 23.3. The number of fused-ring (bicyclic) bond motifs is 1. The van der Waals surface area contributed by atoms with Crippen molar-refractivity contribution in [3.63, 3.8) is 0 Å². The van der Waals surface area contributed by atoms with E-state index >= 15 is 0 Å². The molecule has 1 heterocycles. The lowest BCUT2D eigenvalue weighted by Gasteiger charge is -2.15. The maximum atomic E-state index is 6.23. The Kier molecular flexibility index (Phi) is 4.98. The van der Waals surface area contributed by atoms with Crippen molar-refractivity contribution < 1.29 is 4.65 Å². The molecule has 0 aliphatic carbocycles. The summed E-state index contributed by atoms with van der Waals surface area (Å²) in [4.78, 5) is 7.87. The number of imidazole rings is 1. The second-order valence-electron chi connectivity index (χ2n) is 5.99. The number of H-pyrrole nitrogens is 1. The molecule has 128 valence electrons. The summed E-state index contributed by atoms with van der Waals surface area (Å²) in [5, 5.41) is 1.39. The molecule has 0 aliphatic heterocycles. The number of rotatable bonds is 5. The number of nitrogens with one attached hydrogen (secondary N) is 1. The highest BCUT2D eigenvalue weighted by Crippen LogP contribution is 2.12. The van der Waals surface area contributed by atoms with Gasteiger partial charge in [-0.05, 0) is 47.3 Å². The summed E-state index contributed by atoms with van der Waals surface area (Å²) in [5.74, 6) is 0.791. The van der Waals surface area contributed by atoms with Crippen LogP contribution in [0, 0.1) is 0 Å². The lowest BCUT2D eigenvalue weighted by atomic mass is 9.55. The van der Waals surface area contributed by atoms with E-state index in [0.29, 0.717) is 16.7 Å². The Morgan fingerprint density at radius 2 is 1.38 bits per heavy atom. The van der Waals surface area contributed by atoms with Crippen LogP contribution in [-0.2, 0) is 11.3 Å². The number of halogens is 2. The molecule has 26 heavy (non-hydrogen) atoms. The van der Waals surface area contributed by atoms with E-state index in [1.165, 1.54) is 0 Å². The number of aromatic nitrogens is 2. The van der Waals surface area contributed by atoms with Gasteiger partial charge in [0.05, 0.1) is 17.6 Å². The van der Waals surface area contributed by atoms with Gasteiger partial charge in [-0.1, -0.05) is 59.6 Å². The van der Waals surface area contributed by atoms with E-state index in [9.17, 15) is 0 Å². The molecular formula is C20H15BCl2N2O. The Labute approximate surface area is 162 Å². The predicted molar refractivity (Wildman–Crippen MR) is 109 cm³/mol. The zero-order valence-electron chi connectivity index (χ0n) is 13.8. The van der Waals surface area contributed by atoms with Crippen molar-refractivity contribution >= 4 is 52.1 Å². The second kappa shape index (κ2) is 7.54. The number of hydrogen-bond donors (Lipinski definition) is 1. The third-order valence-electron chi connectivity index (χ3n) is 4.17. The Balaban J connectivity index is 1.61. The van der Waals surface area contributed by atoms with Crippen LogP contribution in [0.4, 0.5) is 0 Å². The van der Waals surface area contributed by atoms with Crippen LogP contribution < -0.4 is 10.9 Å². The molecule has 0 unspecified atom stereocenters. The van der Waals surface area contributed by atoms with Crippen molar-refractivity contribution in [2.24, 2.45) is 0 Å². The number of nitrogens with zero attached hydrogens (tertiary/aromatic N) is 1. The number of hydrogen-bond acceptors (Lipinski definition) is 2. The SMILES string of the molecule is Clc1ccc(B(OCc2nc3ccccc3[nH]2)c2ccc(Cl)cc2)cc1. The smallest absolute Gasteiger partial charge is 0.361 e. The summed E-state index contributed by atoms with van der Waals surface area (Å²) in [6.45, 7) is 0.127. The minimum Gasteiger partial charge on any atom is -0.419 e. The third kappa shape index (κ3) is 3.78. The molecular weight excluding hydrogens is 366 g/mol. The van der Waals surface area contributed by atoms with E-state index in [4.69, 9.17) is 27.9 Å². The monoisotopic (exact) mass is 380 g/mol. The third-order valence-corrected chi connectivity index (χ3v) is 4.67. The van der Waals surface area contributed by atoms with Crippen LogP contribution in [0.3, 0.4) is 0 Å². The van der Waals surface area contributed by atoms with Crippen molar-refractivity contribution in [1.29, 1.82) is 0 Å². The number of benzene rings is 3. The Hall–Kier alpha value is -2.27. The van der Waals surface area contributed by atoms with Crippen molar-refractivity contribution in [3.8, 4) is 0 Å². The highest BCUT2D eigenvalue weighted by molar-refractivity contribution is 6.80. The molecule has 0 aliphatic rings. The lowest BCUT2D eigenvalue weighted by molar-refractivity contribution is 0.312. The van der Waals surface area contributed by atoms with Crippen LogP contribution in [0.2, 0.25) is 10.0 Å². The molecule has 3 nitrogen and oxygen atoms in total. The molecule has 0 spiro atoms. The minimum atomic E-state index is -0.238. The van der Waals surface area contributed by atoms with E-state index in [-0.39, 0.29) is 6.92 Å². The van der Waals surface area contributed by atoms with Gasteiger partial charge in [0, 0.05) is 10.0 Å². The molecule has 0 bridgehead atoms. The molecule has 4 aromatic rings. The molecule has 0 fully saturated rings. The van der Waals surface area contributed by atoms with Gasteiger partial charge in [-0.25, -0.2) is 4.98 Å². The summed E-state index contributed by atoms with van der Waals surface area (Å²) in [7, 11) is 0. The molecule has 0 amide bonds. The zero-order chi connectivity index (χ0) is 17.9. The van der Waals surface area contributed by atoms with Gasteiger partial charge in [-0.15, -0.1) is 0 Å². The first kappa shape index (κ1) is 17.2. The van der Waals surface area contributed by atoms with E-state index in [0.717, 1.165) is 27.8 Å². The van der Waals surface area contributed by atoms with Gasteiger partial charge in [0.1, 0.15) is 5.82 Å². The topological polar surface area (TPSA) is 37.9 Å². The molecule has 1 aromatic heterocycles. The summed E-state index contributed by atoms with van der Waals surface area (Å²) < 4.78 is 6.23. The van der Waals surface area contributed by atoms with Crippen LogP contribution in [-0.4, -0.2) is 16.9 Å². The summed E-state index contributed by atoms with van der Waals surface area (Å²) in [5.41, 5.74) is 3.97. The van der Waals surface area contributed by atoms with Gasteiger partial charge in [0.25, 0.3) is 0 Å². The van der Waals surface area contributed by atoms with E-state index < -0.39 is 0 Å². The Morgan fingerprint density at radius 3 is 1.96 bits per heavy atom. The van der Waals surface area contributed by atoms with Crippen molar-refractivity contribution in [3.05, 3.63) is 88.7 Å². The summed E-state index contributed by atoms with van der Waals surface area (Å²) in [6.07, 6.45) is 0. The molecule has 4 rings (SSSR count). The van der Waals surface area contributed by atoms with Crippen LogP contribution in [0.15, 0.2) is 72.8 Å². The molecule has 0 saturated heterocycles. The molecule has 0 atom stereocenters. The van der Waals surface area contributed by atoms with Crippen LogP contribution in [0.5, 0.6) is 0 Å². The average Bonchev–Trinajstić information content (AvgIpc) is 3.07. The molecule has 3 aromatic carbocycles. The maximum Gasteiger partial charge on any atom is 0.361 e. The Morgan fingerprint density at radius 1 is 0.808 bits per heavy atom. The standard InChI is InChI=1S/C20H15BCl2N2O/c22-16-9-5-14(6-10-16)21(15-7-11-17(23)12-8-15)26-13-20-24-18-3-1-2-4-19(18)25-20/h1-12H,13H2,(H,24,25). The fraction of sp³-hybridized carbons (Fsp3) is 0.0500. The zero-order valence-corrected chi connectivity index (χ0v) is 15.3. The van der Waals surface area contributed by atoms with Gasteiger partial charge >= 0.3 is 6.92 Å². The van der Waals surface area contributed by atoms with Gasteiger partial charge in [-0.2, -0.15) is 0 Å². The predicted octanol–water partition coefficient (Wildman–Crippen LogP) is 4.19. The molecule has 6 heteroatoms. The number of aromatic amines is 1. The first-order valence-corrected chi connectivity index (χ1v) is 9.01. The fourth-order valence-electron chi connectivity index (χ4n) is 2.90. The van der Waals surface area contributed by atoms with Gasteiger partial charge in [-0.3, -0.25) is 0 Å². The van der Waals surface area contributed by atoms with E-state index in [2.05, 4.69) is 9.97 Å². The van der Waals surface area contributed by atoms with Gasteiger partial charge in [0.2, 0.25) is 0 Å². The first-order chi connectivity index (χ1) is 12.7. The van der Waals surface area contributed by atoms with Crippen LogP contribution in [0.1, 0.15) is 5.82 Å². The highest BCUT2D eigenvalue weighted by Gasteiger charge is 2.22. The largest absolute Gasteiger partial charge is 0.419 e. The van der Waals surface area contributed by atoms with Crippen molar-refractivity contribution in [1.82, 2.24) is 9.97 Å². The van der Waals surface area contributed by atoms with Gasteiger partial charge in [0.15, 0.2) is 0 Å². The number of para-hydroxylation sites is 2. The van der Waals surface area contributed by atoms with Crippen molar-refractivity contribution in [2.75, 3.05) is 0 Å². The van der Waals surface area contributed by atoms with Crippen LogP contribution in [0.25, 0.3) is 11.0 Å². The Bertz CT molecular complexity index is 938. The van der Waals surface area contributed by atoms with Crippen molar-refractivity contribution in [2.45, 2.75) is 6.61 Å². The van der Waals surface area contributed by atoms with E-state index in [1.807, 2.05) is 72.8 Å². The normalized spacial score (nSPS) is 11.0. The van der Waals surface area contributed by atoms with Gasteiger partial charge < -0.3 is 9.64 Å². The van der Waals surface area contributed by atoms with Crippen LogP contribution >= 0.6 is 23.2 Å². The minimum absolute atomic E-state index is 0.238. The highest BCUT2D eigenvalue weighted by atomic mass is 35.5. The molecule has 1 N–H and O–H groups in total. The molecule has 0 radical (unpaired) electrons. The maximum absolute atomic E-state index is 6.23. The average molecular weight is 381 g/mol. The molecule has 0 saturated carbocycles. The summed E-state index contributed by atoms with van der Waals surface area (Å²) >= 11 is 12.1. The fourth-order valence-corrected chi connectivity index (χ4v) is 3.15. The second-order valence-corrected chi connectivity index (χ2v) is 6.87. The lowest BCUT2D eigenvalue weighted by Crippen LogP contribution is -2.44. The van der Waals surface area contributed by atoms with E-state index in [1.54, 1.807) is 0 Å².